The van der Waals surface area contributed by atoms with Gasteiger partial charge in [-0.2, -0.15) is 0 Å². The van der Waals surface area contributed by atoms with E-state index < -0.39 is 11.1 Å². The van der Waals surface area contributed by atoms with Crippen LogP contribution in [0.1, 0.15) is 94.2 Å². The lowest BCUT2D eigenvalue weighted by Gasteiger charge is -2.53. The fraction of sp³-hybridized carbons (Fsp3) is 0.512. The molecule has 0 fully saturated rings. The molecule has 0 heterocycles. The molecule has 2 nitrogen and oxygen atoms in total. The van der Waals surface area contributed by atoms with E-state index in [4.69, 9.17) is 9.98 Å². The van der Waals surface area contributed by atoms with Crippen LogP contribution in [0.15, 0.2) is 118 Å². The number of nitrogens with zero attached hydrogens (tertiary/aromatic N) is 2. The quantitative estimate of drug-likeness (QED) is 0.242. The van der Waals surface area contributed by atoms with E-state index in [0.29, 0.717) is 23.7 Å². The van der Waals surface area contributed by atoms with Crippen molar-refractivity contribution in [2.24, 2.45) is 45.5 Å². The van der Waals surface area contributed by atoms with Gasteiger partial charge in [-0.1, -0.05) is 180 Å². The molecule has 2 aromatic carbocycles. The van der Waals surface area contributed by atoms with Gasteiger partial charge in [-0.25, -0.2) is 9.98 Å². The van der Waals surface area contributed by atoms with E-state index in [-0.39, 0.29) is 22.7 Å². The second-order valence-electron chi connectivity index (χ2n) is 15.7. The first-order valence-electron chi connectivity index (χ1n) is 17.2. The van der Waals surface area contributed by atoms with Crippen LogP contribution < -0.4 is 0 Å². The van der Waals surface area contributed by atoms with Gasteiger partial charge >= 0.3 is 0 Å². The van der Waals surface area contributed by atoms with Gasteiger partial charge in [0.1, 0.15) is 11.1 Å². The first-order valence-corrected chi connectivity index (χ1v) is 17.2. The first kappa shape index (κ1) is 34.6. The van der Waals surface area contributed by atoms with Gasteiger partial charge < -0.3 is 0 Å². The largest absolute Gasteiger partial charge is 0.213 e. The van der Waals surface area contributed by atoms with Crippen molar-refractivity contribution in [1.82, 2.24) is 0 Å². The van der Waals surface area contributed by atoms with Crippen LogP contribution in [0.5, 0.6) is 0 Å². The average molecular weight is 603 g/mol. The molecule has 2 aliphatic rings. The summed E-state index contributed by atoms with van der Waals surface area (Å²) < 4.78 is 0. The van der Waals surface area contributed by atoms with Gasteiger partial charge in [-0.05, 0) is 45.9 Å². The molecule has 45 heavy (non-hydrogen) atoms. The molecule has 0 bridgehead atoms. The summed E-state index contributed by atoms with van der Waals surface area (Å²) in [5, 5.41) is 0. The highest BCUT2D eigenvalue weighted by atomic mass is 15.0. The summed E-state index contributed by atoms with van der Waals surface area (Å²) in [6.45, 7) is 28.1. The van der Waals surface area contributed by atoms with E-state index in [9.17, 15) is 0 Å². The molecule has 0 amide bonds. The Hall–Kier alpha value is -3.22. The van der Waals surface area contributed by atoms with Gasteiger partial charge in [-0.15, -0.1) is 0 Å². The minimum Gasteiger partial charge on any atom is -0.213 e. The molecule has 0 spiro atoms. The predicted octanol–water partition coefficient (Wildman–Crippen LogP) is 11.4. The van der Waals surface area contributed by atoms with Crippen molar-refractivity contribution in [2.45, 2.75) is 105 Å². The van der Waals surface area contributed by atoms with Crippen molar-refractivity contribution in [3.63, 3.8) is 0 Å². The van der Waals surface area contributed by atoms with Crippen LogP contribution in [0.25, 0.3) is 0 Å². The third kappa shape index (κ3) is 5.81. The Labute approximate surface area is 275 Å². The fourth-order valence-electron chi connectivity index (χ4n) is 8.59. The lowest BCUT2D eigenvalue weighted by Crippen LogP contribution is -2.57. The minimum absolute atomic E-state index is 0.183. The maximum atomic E-state index is 5.71. The summed E-state index contributed by atoms with van der Waals surface area (Å²) >= 11 is 0. The van der Waals surface area contributed by atoms with Gasteiger partial charge in [0.25, 0.3) is 0 Å². The standard InChI is InChI=1S/C43H58N2/c1-30(2)36-25-19-26-37(31(3)4)42(36,40(9,10)34-21-15-13-16-22-34)44-29-45-43(41(11,12)35-23-17-14-18-24-35)38(32(5)6)27-20-28-39(43)33(7)8/h13-28,30-33,36,38H,1-12H3. The molecule has 2 aliphatic carbocycles. The van der Waals surface area contributed by atoms with Gasteiger partial charge in [0.15, 0.2) is 0 Å². The molecule has 0 N–H and O–H groups in total. The Bertz CT molecular complexity index is 1380. The van der Waals surface area contributed by atoms with Crippen LogP contribution in [-0.4, -0.2) is 17.1 Å². The SMILES string of the molecule is CC(C)C1=CC=CC(C(C)C)C1(N=C=NC1(C(C)(C)c2ccccc2)C(C(C)C)=CC=CC1C(C)C)C(C)(C)c1ccccc1. The van der Waals surface area contributed by atoms with E-state index in [1.165, 1.54) is 22.3 Å². The van der Waals surface area contributed by atoms with Crippen LogP contribution in [0.2, 0.25) is 0 Å². The van der Waals surface area contributed by atoms with E-state index in [1.807, 2.05) is 0 Å². The lowest BCUT2D eigenvalue weighted by molar-refractivity contribution is 0.176. The molecule has 2 aromatic rings. The van der Waals surface area contributed by atoms with E-state index in [2.05, 4.69) is 186 Å². The van der Waals surface area contributed by atoms with Crippen molar-refractivity contribution in [3.8, 4) is 0 Å². The Balaban J connectivity index is 2.13. The van der Waals surface area contributed by atoms with Crippen molar-refractivity contribution in [3.05, 3.63) is 119 Å². The second-order valence-corrected chi connectivity index (χ2v) is 15.7. The summed E-state index contributed by atoms with van der Waals surface area (Å²) in [7, 11) is 0. The van der Waals surface area contributed by atoms with Crippen LogP contribution in [0.4, 0.5) is 0 Å². The average Bonchev–Trinajstić information content (AvgIpc) is 3.01. The van der Waals surface area contributed by atoms with Crippen molar-refractivity contribution < 1.29 is 0 Å². The van der Waals surface area contributed by atoms with Crippen LogP contribution in [0.3, 0.4) is 0 Å². The molecule has 240 valence electrons. The monoisotopic (exact) mass is 602 g/mol. The fourth-order valence-corrected chi connectivity index (χ4v) is 8.59. The topological polar surface area (TPSA) is 24.7 Å². The van der Waals surface area contributed by atoms with Crippen LogP contribution >= 0.6 is 0 Å². The number of allylic oxidation sites excluding steroid dienone is 4. The Morgan fingerprint density at radius 1 is 0.556 bits per heavy atom. The summed E-state index contributed by atoms with van der Waals surface area (Å²) in [6, 6.07) is 25.5. The molecule has 4 atom stereocenters. The number of rotatable bonds is 10. The molecular formula is C43H58N2. The molecule has 2 heteroatoms. The molecular weight excluding hydrogens is 544 g/mol. The molecule has 4 rings (SSSR count). The number of hydrogen-bond acceptors (Lipinski definition) is 2. The van der Waals surface area contributed by atoms with Gasteiger partial charge in [0, 0.05) is 22.7 Å². The van der Waals surface area contributed by atoms with Gasteiger partial charge in [0.2, 0.25) is 0 Å². The third-order valence-corrected chi connectivity index (χ3v) is 11.1. The molecule has 0 aromatic heterocycles. The third-order valence-electron chi connectivity index (χ3n) is 11.1. The normalized spacial score (nSPS) is 25.4. The minimum atomic E-state index is -0.563. The summed E-state index contributed by atoms with van der Waals surface area (Å²) in [5.41, 5.74) is 3.49. The maximum absolute atomic E-state index is 5.71. The van der Waals surface area contributed by atoms with E-state index in [1.54, 1.807) is 0 Å². The smallest absolute Gasteiger partial charge is 0.109 e. The Morgan fingerprint density at radius 2 is 0.889 bits per heavy atom. The maximum Gasteiger partial charge on any atom is 0.109 e. The number of aliphatic imine (C=N–C) groups is 2. The van der Waals surface area contributed by atoms with Gasteiger partial charge in [-0.3, -0.25) is 0 Å². The number of benzene rings is 2. The first-order chi connectivity index (χ1) is 21.2. The summed E-state index contributed by atoms with van der Waals surface area (Å²) in [5.74, 6) is 1.74. The zero-order chi connectivity index (χ0) is 33.2. The van der Waals surface area contributed by atoms with E-state index >= 15 is 0 Å². The van der Waals surface area contributed by atoms with E-state index in [0.717, 1.165) is 0 Å². The highest BCUT2D eigenvalue weighted by Crippen LogP contribution is 2.55. The van der Waals surface area contributed by atoms with Crippen molar-refractivity contribution >= 4 is 6.01 Å². The highest BCUT2D eigenvalue weighted by molar-refractivity contribution is 5.56. The van der Waals surface area contributed by atoms with Gasteiger partial charge in [0.05, 0.1) is 6.01 Å². The van der Waals surface area contributed by atoms with Crippen LogP contribution in [0, 0.1) is 35.5 Å². The molecule has 0 aliphatic heterocycles. The zero-order valence-corrected chi connectivity index (χ0v) is 30.1. The number of hydrogen-bond donors (Lipinski definition) is 0. The summed E-state index contributed by atoms with van der Waals surface area (Å²) in [6.07, 6.45) is 13.9. The van der Waals surface area contributed by atoms with Crippen molar-refractivity contribution in [2.75, 3.05) is 0 Å². The Morgan fingerprint density at radius 3 is 1.18 bits per heavy atom. The molecule has 4 unspecified atom stereocenters. The lowest BCUT2D eigenvalue weighted by atomic mass is 9.53. The zero-order valence-electron chi connectivity index (χ0n) is 30.1. The molecule has 0 saturated carbocycles. The molecule has 0 radical (unpaired) electrons. The van der Waals surface area contributed by atoms with Crippen molar-refractivity contribution in [1.29, 1.82) is 0 Å². The van der Waals surface area contributed by atoms with Crippen LogP contribution in [-0.2, 0) is 10.8 Å². The second kappa shape index (κ2) is 13.3. The highest BCUT2D eigenvalue weighted by Gasteiger charge is 2.57. The molecule has 0 saturated heterocycles. The Kier molecular flexibility index (Phi) is 10.2. The predicted molar refractivity (Wildman–Crippen MR) is 195 cm³/mol. The summed E-state index contributed by atoms with van der Waals surface area (Å²) in [4.78, 5) is 11.4.